The van der Waals surface area contributed by atoms with Gasteiger partial charge < -0.3 is 10.6 Å². The summed E-state index contributed by atoms with van der Waals surface area (Å²) in [7, 11) is 0. The van der Waals surface area contributed by atoms with Crippen LogP contribution < -0.4 is 10.6 Å². The summed E-state index contributed by atoms with van der Waals surface area (Å²) < 4.78 is 0. The van der Waals surface area contributed by atoms with Gasteiger partial charge in [0.15, 0.2) is 0 Å². The zero-order valence-electron chi connectivity index (χ0n) is 13.3. The van der Waals surface area contributed by atoms with Gasteiger partial charge in [-0.15, -0.1) is 0 Å². The Labute approximate surface area is 155 Å². The third kappa shape index (κ3) is 4.47. The molecule has 3 aromatic rings. The van der Waals surface area contributed by atoms with Gasteiger partial charge in [0.05, 0.1) is 0 Å². The van der Waals surface area contributed by atoms with E-state index in [4.69, 9.17) is 23.2 Å². The number of nitrogens with one attached hydrogen (secondary N) is 2. The fraction of sp³-hybridized carbons (Fsp3) is 0.0556. The molecule has 7 heteroatoms. The third-order valence-electron chi connectivity index (χ3n) is 3.43. The highest BCUT2D eigenvalue weighted by Gasteiger charge is 2.11. The number of hydrogen-bond acceptors (Lipinski definition) is 4. The molecule has 126 valence electrons. The molecule has 0 atom stereocenters. The molecule has 0 aliphatic heterocycles. The number of aromatic nitrogens is 2. The predicted octanol–water partition coefficient (Wildman–Crippen LogP) is 5.09. The summed E-state index contributed by atoms with van der Waals surface area (Å²) in [6.45, 7) is 1.87. The minimum atomic E-state index is -0.327. The lowest BCUT2D eigenvalue weighted by Gasteiger charge is -2.09. The fourth-order valence-corrected chi connectivity index (χ4v) is 2.51. The number of aryl methyl sites for hydroxylation is 1. The molecule has 1 amide bonds. The van der Waals surface area contributed by atoms with Crippen LogP contribution >= 0.6 is 23.2 Å². The summed E-state index contributed by atoms with van der Waals surface area (Å²) in [5.41, 5.74) is 2.57. The normalized spacial score (nSPS) is 10.4. The highest BCUT2D eigenvalue weighted by molar-refractivity contribution is 6.31. The summed E-state index contributed by atoms with van der Waals surface area (Å²) in [6.07, 6.45) is 1.52. The molecule has 0 fully saturated rings. The average Bonchev–Trinajstić information content (AvgIpc) is 2.60. The molecule has 0 bridgehead atoms. The second-order valence-electron chi connectivity index (χ2n) is 5.31. The first kappa shape index (κ1) is 17.2. The second kappa shape index (κ2) is 7.51. The Balaban J connectivity index is 1.76. The molecule has 5 nitrogen and oxygen atoms in total. The van der Waals surface area contributed by atoms with Crippen molar-refractivity contribution in [3.8, 4) is 0 Å². The molecule has 2 aromatic carbocycles. The maximum Gasteiger partial charge on any atom is 0.274 e. The summed E-state index contributed by atoms with van der Waals surface area (Å²) in [4.78, 5) is 20.8. The van der Waals surface area contributed by atoms with Gasteiger partial charge in [-0.2, -0.15) is 0 Å². The quantitative estimate of drug-likeness (QED) is 0.669. The number of anilines is 3. The van der Waals surface area contributed by atoms with Gasteiger partial charge in [-0.25, -0.2) is 9.97 Å². The van der Waals surface area contributed by atoms with Crippen molar-refractivity contribution in [3.05, 3.63) is 76.0 Å². The lowest BCUT2D eigenvalue weighted by molar-refractivity contribution is 0.102. The van der Waals surface area contributed by atoms with Crippen molar-refractivity contribution in [2.24, 2.45) is 0 Å². The molecule has 0 spiro atoms. The van der Waals surface area contributed by atoms with E-state index in [0.29, 0.717) is 21.7 Å². The van der Waals surface area contributed by atoms with Gasteiger partial charge in [0.25, 0.3) is 5.91 Å². The number of benzene rings is 2. The Morgan fingerprint density at radius 1 is 1.00 bits per heavy atom. The Bertz CT molecular complexity index is 913. The number of halogens is 2. The molecule has 1 heterocycles. The molecular weight excluding hydrogens is 359 g/mol. The average molecular weight is 373 g/mol. The van der Waals surface area contributed by atoms with Gasteiger partial charge in [0.1, 0.15) is 5.69 Å². The van der Waals surface area contributed by atoms with Crippen LogP contribution in [0.15, 0.2) is 54.7 Å². The number of nitrogens with zero attached hydrogens (tertiary/aromatic N) is 2. The number of carbonyl (C=O) groups excluding carboxylic acids is 1. The standard InChI is InChI=1S/C18H14Cl2N4O/c1-11-10-13(20)4-7-15(11)23-17(25)16-8-9-21-18(24-16)22-14-5-2-12(19)3-6-14/h2-10H,1H3,(H,23,25)(H,21,22,24). The van der Waals surface area contributed by atoms with Crippen LogP contribution in [0.2, 0.25) is 10.0 Å². The molecule has 0 aliphatic carbocycles. The van der Waals surface area contributed by atoms with Crippen molar-refractivity contribution in [3.63, 3.8) is 0 Å². The van der Waals surface area contributed by atoms with E-state index in [-0.39, 0.29) is 11.6 Å². The molecule has 25 heavy (non-hydrogen) atoms. The maximum absolute atomic E-state index is 12.4. The first-order chi connectivity index (χ1) is 12.0. The fourth-order valence-electron chi connectivity index (χ4n) is 2.16. The van der Waals surface area contributed by atoms with E-state index in [1.165, 1.54) is 6.20 Å². The van der Waals surface area contributed by atoms with Crippen molar-refractivity contribution in [2.45, 2.75) is 6.92 Å². The molecular formula is C18H14Cl2N4O. The third-order valence-corrected chi connectivity index (χ3v) is 3.91. The maximum atomic E-state index is 12.4. The van der Waals surface area contributed by atoms with Crippen LogP contribution in [0, 0.1) is 6.92 Å². The zero-order valence-corrected chi connectivity index (χ0v) is 14.8. The Kier molecular flexibility index (Phi) is 5.16. The van der Waals surface area contributed by atoms with Gasteiger partial charge in [0.2, 0.25) is 5.95 Å². The number of carbonyl (C=O) groups is 1. The monoisotopic (exact) mass is 372 g/mol. The molecule has 0 radical (unpaired) electrons. The van der Waals surface area contributed by atoms with Crippen LogP contribution in [0.3, 0.4) is 0 Å². The smallest absolute Gasteiger partial charge is 0.274 e. The summed E-state index contributed by atoms with van der Waals surface area (Å²) >= 11 is 11.8. The van der Waals surface area contributed by atoms with Crippen molar-refractivity contribution in [1.29, 1.82) is 0 Å². The van der Waals surface area contributed by atoms with Crippen LogP contribution in [0.25, 0.3) is 0 Å². The highest BCUT2D eigenvalue weighted by atomic mass is 35.5. The lowest BCUT2D eigenvalue weighted by atomic mass is 10.2. The minimum absolute atomic E-state index is 0.251. The number of rotatable bonds is 4. The van der Waals surface area contributed by atoms with E-state index in [1.54, 1.807) is 48.5 Å². The molecule has 2 N–H and O–H groups in total. The van der Waals surface area contributed by atoms with Gasteiger partial charge in [-0.05, 0) is 61.0 Å². The molecule has 0 saturated heterocycles. The van der Waals surface area contributed by atoms with Gasteiger partial charge >= 0.3 is 0 Å². The molecule has 0 unspecified atom stereocenters. The van der Waals surface area contributed by atoms with E-state index in [9.17, 15) is 4.79 Å². The van der Waals surface area contributed by atoms with Crippen LogP contribution in [0.1, 0.15) is 16.1 Å². The predicted molar refractivity (Wildman–Crippen MR) is 101 cm³/mol. The van der Waals surface area contributed by atoms with E-state index in [2.05, 4.69) is 20.6 Å². The van der Waals surface area contributed by atoms with Crippen LogP contribution in [0.5, 0.6) is 0 Å². The Morgan fingerprint density at radius 3 is 2.44 bits per heavy atom. The van der Waals surface area contributed by atoms with Crippen LogP contribution in [-0.2, 0) is 0 Å². The van der Waals surface area contributed by atoms with E-state index >= 15 is 0 Å². The van der Waals surface area contributed by atoms with Crippen LogP contribution in [0.4, 0.5) is 17.3 Å². The van der Waals surface area contributed by atoms with Gasteiger partial charge in [-0.3, -0.25) is 4.79 Å². The summed E-state index contributed by atoms with van der Waals surface area (Å²) in [6, 6.07) is 13.9. The second-order valence-corrected chi connectivity index (χ2v) is 6.18. The molecule has 0 saturated carbocycles. The molecule has 0 aliphatic rings. The highest BCUT2D eigenvalue weighted by Crippen LogP contribution is 2.20. The van der Waals surface area contributed by atoms with Crippen molar-refractivity contribution in [2.75, 3.05) is 10.6 Å². The zero-order chi connectivity index (χ0) is 17.8. The van der Waals surface area contributed by atoms with Crippen molar-refractivity contribution >= 4 is 46.4 Å². The van der Waals surface area contributed by atoms with E-state index < -0.39 is 0 Å². The number of hydrogen-bond donors (Lipinski definition) is 2. The number of amides is 1. The van der Waals surface area contributed by atoms with Gasteiger partial charge in [-0.1, -0.05) is 23.2 Å². The molecule has 1 aromatic heterocycles. The topological polar surface area (TPSA) is 66.9 Å². The largest absolute Gasteiger partial charge is 0.324 e. The SMILES string of the molecule is Cc1cc(Cl)ccc1NC(=O)c1ccnc(Nc2ccc(Cl)cc2)n1. The van der Waals surface area contributed by atoms with Crippen molar-refractivity contribution in [1.82, 2.24) is 9.97 Å². The van der Waals surface area contributed by atoms with E-state index in [1.807, 2.05) is 6.92 Å². The van der Waals surface area contributed by atoms with Crippen molar-refractivity contribution < 1.29 is 4.79 Å². The first-order valence-corrected chi connectivity index (χ1v) is 8.20. The van der Waals surface area contributed by atoms with Gasteiger partial charge in [0, 0.05) is 27.6 Å². The minimum Gasteiger partial charge on any atom is -0.324 e. The first-order valence-electron chi connectivity index (χ1n) is 7.44. The lowest BCUT2D eigenvalue weighted by Crippen LogP contribution is -2.15. The Morgan fingerprint density at radius 2 is 1.72 bits per heavy atom. The molecule has 3 rings (SSSR count). The summed E-state index contributed by atoms with van der Waals surface area (Å²) in [5, 5.41) is 7.10. The van der Waals surface area contributed by atoms with E-state index in [0.717, 1.165) is 11.3 Å². The Hall–Kier alpha value is -2.63. The summed E-state index contributed by atoms with van der Waals surface area (Å²) in [5.74, 6) is -0.00483. The van der Waals surface area contributed by atoms with Crippen LogP contribution in [-0.4, -0.2) is 15.9 Å².